The largest absolute Gasteiger partial charge is 0.496 e. The molecule has 2 aromatic carbocycles. The molecule has 5 aromatic rings. The molecule has 3 atom stereocenters. The van der Waals surface area contributed by atoms with Crippen LogP contribution in [0.3, 0.4) is 0 Å². The van der Waals surface area contributed by atoms with Crippen molar-refractivity contribution in [2.45, 2.75) is 56.5 Å². The molecular weight excluding hydrogens is 644 g/mol. The molecule has 0 saturated carbocycles. The van der Waals surface area contributed by atoms with Gasteiger partial charge in [-0.2, -0.15) is 0 Å². The highest BCUT2D eigenvalue weighted by atomic mass is 32.1. The monoisotopic (exact) mass is 676 g/mol. The number of amides is 1. The number of aryl methyl sites for hydroxylation is 1. The Kier molecular flexibility index (Phi) is 7.15. The number of aromatic amines is 1. The lowest BCUT2D eigenvalue weighted by Crippen LogP contribution is -2.32. The molecule has 12 heteroatoms. The maximum Gasteiger partial charge on any atom is 0.434 e. The lowest BCUT2D eigenvalue weighted by molar-refractivity contribution is -0.126. The van der Waals surface area contributed by atoms with E-state index in [0.717, 1.165) is 69.2 Å². The fourth-order valence-electron chi connectivity index (χ4n) is 8.09. The van der Waals surface area contributed by atoms with Gasteiger partial charge >= 0.3 is 5.76 Å². The Morgan fingerprint density at radius 1 is 1.10 bits per heavy atom. The molecule has 9 rings (SSSR count). The first-order valence-electron chi connectivity index (χ1n) is 16.6. The second kappa shape index (κ2) is 11.7. The Morgan fingerprint density at radius 3 is 2.80 bits per heavy atom. The zero-order valence-electron chi connectivity index (χ0n) is 26.7. The van der Waals surface area contributed by atoms with E-state index < -0.39 is 11.7 Å². The van der Waals surface area contributed by atoms with Crippen molar-refractivity contribution in [1.29, 1.82) is 0 Å². The summed E-state index contributed by atoms with van der Waals surface area (Å²) in [6, 6.07) is 16.8. The third-order valence-corrected chi connectivity index (χ3v) is 11.5. The zero-order valence-corrected chi connectivity index (χ0v) is 27.5. The number of carbonyl (C=O) groups is 1. The number of anilines is 1. The van der Waals surface area contributed by atoms with E-state index in [1.165, 1.54) is 23.3 Å². The first-order chi connectivity index (χ1) is 24.0. The topological polar surface area (TPSA) is 125 Å². The van der Waals surface area contributed by atoms with Gasteiger partial charge in [-0.25, -0.2) is 19.3 Å². The number of pyridine rings is 1. The zero-order chi connectivity index (χ0) is 33.2. The van der Waals surface area contributed by atoms with E-state index in [4.69, 9.17) is 14.1 Å². The molecule has 1 aliphatic carbocycles. The Bertz CT molecular complexity index is 2250. The van der Waals surface area contributed by atoms with Crippen molar-refractivity contribution in [3.8, 4) is 5.75 Å². The second-order valence-corrected chi connectivity index (χ2v) is 14.1. The van der Waals surface area contributed by atoms with Crippen LogP contribution in [0.5, 0.6) is 5.75 Å². The molecule has 4 aliphatic rings. The number of benzene rings is 2. The van der Waals surface area contributed by atoms with Gasteiger partial charge in [0.2, 0.25) is 5.89 Å². The van der Waals surface area contributed by atoms with Crippen LogP contribution < -0.4 is 21.1 Å². The number of ether oxygens (including phenoxy) is 1. The standard InChI is InChI=1S/C37H33FN6O4S/c1-47-27-6-2-4-22-23(27)12-14-24(22)41-34-33-20(15-16-39-34)18-28(49-33)30-29(35-42-43-37(46)48-35)25(13-9-19-7-10-21(38)11-8-19)40-32-26-5-3-17-44(26)36(45)31(30)32/h2,4,6-8,10-11,15-16,18,24,26,30,40H,3,5,9,12-14,17H2,1H3,(H,39,41)(H,43,46)/t24-,26+,30?/m1/s1. The van der Waals surface area contributed by atoms with Gasteiger partial charge in [0.1, 0.15) is 17.4 Å². The van der Waals surface area contributed by atoms with Crippen molar-refractivity contribution in [2.24, 2.45) is 0 Å². The highest BCUT2D eigenvalue weighted by Crippen LogP contribution is 2.52. The number of rotatable bonds is 8. The number of allylic oxidation sites excluding steroid dienone is 2. The van der Waals surface area contributed by atoms with E-state index in [9.17, 15) is 14.0 Å². The average molecular weight is 677 g/mol. The van der Waals surface area contributed by atoms with Gasteiger partial charge < -0.3 is 24.7 Å². The van der Waals surface area contributed by atoms with Crippen LogP contribution in [0.4, 0.5) is 10.2 Å². The molecule has 49 heavy (non-hydrogen) atoms. The smallest absolute Gasteiger partial charge is 0.434 e. The van der Waals surface area contributed by atoms with Gasteiger partial charge in [0.15, 0.2) is 0 Å². The van der Waals surface area contributed by atoms with E-state index in [2.05, 4.69) is 33.0 Å². The summed E-state index contributed by atoms with van der Waals surface area (Å²) in [4.78, 5) is 34.2. The van der Waals surface area contributed by atoms with Gasteiger partial charge in [0.05, 0.1) is 35.4 Å². The van der Waals surface area contributed by atoms with Crippen molar-refractivity contribution >= 4 is 38.7 Å². The van der Waals surface area contributed by atoms with E-state index in [-0.39, 0.29) is 29.7 Å². The van der Waals surface area contributed by atoms with Crippen molar-refractivity contribution in [1.82, 2.24) is 25.4 Å². The lowest BCUT2D eigenvalue weighted by atomic mass is 9.82. The molecule has 0 radical (unpaired) electrons. The summed E-state index contributed by atoms with van der Waals surface area (Å²) in [5.41, 5.74) is 6.46. The van der Waals surface area contributed by atoms with Gasteiger partial charge in [0, 0.05) is 34.6 Å². The van der Waals surface area contributed by atoms with E-state index in [1.807, 2.05) is 29.3 Å². The molecule has 0 bridgehead atoms. The van der Waals surface area contributed by atoms with Crippen LogP contribution in [0.15, 0.2) is 87.0 Å². The third kappa shape index (κ3) is 4.96. The molecule has 3 aromatic heterocycles. The summed E-state index contributed by atoms with van der Waals surface area (Å²) in [6.45, 7) is 0.695. The SMILES string of the molecule is COc1cccc2c1CC[C@H]2Nc1nccc2cc(C3C4=C(NC(CCc5ccc(F)cc5)=C3c3n[nH]c(=O)o3)[C@@H]3CCCN3C4=O)sc12. The lowest BCUT2D eigenvalue weighted by Gasteiger charge is -2.29. The minimum atomic E-state index is -0.669. The van der Waals surface area contributed by atoms with Crippen molar-refractivity contribution in [2.75, 3.05) is 19.0 Å². The number of nitrogens with zero attached hydrogens (tertiary/aromatic N) is 3. The maximum absolute atomic E-state index is 14.2. The van der Waals surface area contributed by atoms with Gasteiger partial charge in [-0.1, -0.05) is 24.3 Å². The van der Waals surface area contributed by atoms with Gasteiger partial charge in [0.25, 0.3) is 5.91 Å². The van der Waals surface area contributed by atoms with Gasteiger partial charge in [-0.05, 0) is 90.9 Å². The Hall–Kier alpha value is -5.23. The summed E-state index contributed by atoms with van der Waals surface area (Å²) >= 11 is 1.59. The number of methoxy groups -OCH3 is 1. The normalized spacial score (nSPS) is 21.3. The average Bonchev–Trinajstić information content (AvgIpc) is 3.95. The first-order valence-corrected chi connectivity index (χ1v) is 17.4. The molecule has 6 heterocycles. The molecule has 1 fully saturated rings. The van der Waals surface area contributed by atoms with Crippen LogP contribution in [0.1, 0.15) is 65.1 Å². The summed E-state index contributed by atoms with van der Waals surface area (Å²) in [5.74, 6) is 0.348. The fourth-order valence-corrected chi connectivity index (χ4v) is 9.32. The first kappa shape index (κ1) is 29.9. The molecule has 248 valence electrons. The maximum atomic E-state index is 14.2. The summed E-state index contributed by atoms with van der Waals surface area (Å²) in [7, 11) is 1.71. The molecule has 3 aliphatic heterocycles. The number of fused-ring (bicyclic) bond motifs is 4. The molecular formula is C37H33FN6O4S. The summed E-state index contributed by atoms with van der Waals surface area (Å²) < 4.78 is 26.0. The minimum absolute atomic E-state index is 0.00610. The highest BCUT2D eigenvalue weighted by molar-refractivity contribution is 7.19. The third-order valence-electron chi connectivity index (χ3n) is 10.3. The predicted molar refractivity (Wildman–Crippen MR) is 184 cm³/mol. The Morgan fingerprint density at radius 2 is 1.98 bits per heavy atom. The molecule has 3 N–H and O–H groups in total. The number of aromatic nitrogens is 3. The number of nitrogens with one attached hydrogen (secondary N) is 3. The van der Waals surface area contributed by atoms with E-state index in [1.54, 1.807) is 30.6 Å². The van der Waals surface area contributed by atoms with E-state index in [0.29, 0.717) is 30.5 Å². The van der Waals surface area contributed by atoms with Crippen LogP contribution in [0, 0.1) is 5.82 Å². The molecule has 1 amide bonds. The van der Waals surface area contributed by atoms with Crippen LogP contribution in [-0.2, 0) is 17.6 Å². The number of thiophene rings is 1. The number of carbonyl (C=O) groups excluding carboxylic acids is 1. The Balaban J connectivity index is 1.16. The van der Waals surface area contributed by atoms with Crippen LogP contribution in [-0.4, -0.2) is 45.7 Å². The van der Waals surface area contributed by atoms with Crippen molar-refractivity contribution < 1.29 is 18.3 Å². The van der Waals surface area contributed by atoms with Crippen LogP contribution in [0.25, 0.3) is 15.7 Å². The minimum Gasteiger partial charge on any atom is -0.496 e. The summed E-state index contributed by atoms with van der Waals surface area (Å²) in [6.07, 6.45) is 6.61. The number of H-pyrrole nitrogens is 1. The quantitative estimate of drug-likeness (QED) is 0.177. The molecule has 0 spiro atoms. The molecule has 10 nitrogen and oxygen atoms in total. The number of hydrogen-bond donors (Lipinski definition) is 3. The Labute approximate surface area is 284 Å². The number of halogens is 1. The second-order valence-electron chi connectivity index (χ2n) is 13.0. The predicted octanol–water partition coefficient (Wildman–Crippen LogP) is 6.21. The van der Waals surface area contributed by atoms with Crippen molar-refractivity contribution in [3.63, 3.8) is 0 Å². The van der Waals surface area contributed by atoms with Gasteiger partial charge in [-0.3, -0.25) is 4.79 Å². The molecule has 1 unspecified atom stereocenters. The molecule has 1 saturated heterocycles. The van der Waals surface area contributed by atoms with Crippen LogP contribution in [0.2, 0.25) is 0 Å². The summed E-state index contributed by atoms with van der Waals surface area (Å²) in [5, 5.41) is 15.1. The fraction of sp³-hybridized carbons (Fsp3) is 0.297. The highest BCUT2D eigenvalue weighted by Gasteiger charge is 2.49. The number of hydrogen-bond acceptors (Lipinski definition) is 9. The van der Waals surface area contributed by atoms with Gasteiger partial charge in [-0.15, -0.1) is 16.4 Å². The van der Waals surface area contributed by atoms with E-state index >= 15 is 0 Å². The van der Waals surface area contributed by atoms with Crippen LogP contribution >= 0.6 is 11.3 Å². The van der Waals surface area contributed by atoms with Crippen molar-refractivity contribution in [3.05, 3.63) is 122 Å². The number of dihydropyridines is 1.